The number of anilines is 1. The van der Waals surface area contributed by atoms with Crippen molar-refractivity contribution >= 4 is 17.7 Å². The monoisotopic (exact) mass is 482 g/mol. The molecule has 0 radical (unpaired) electrons. The van der Waals surface area contributed by atoms with Gasteiger partial charge in [-0.1, -0.05) is 24.5 Å². The van der Waals surface area contributed by atoms with Crippen LogP contribution >= 0.6 is 0 Å². The standard InChI is InChI=1S/C20H28N6O.C2HF3O2/c21-19-12-17(6-9-22-19)20(27)25-10-7-15(8-11-25)13-26-14-18(23-24-26)16-4-2-1-3-5-16;3-2(4,5)1(6)7/h6,9,12,14-16H,1-5,7-8,10-11,13H2,(H2,21,22);(H,6,7). The number of pyridine rings is 1. The fourth-order valence-electron chi connectivity index (χ4n) is 4.34. The van der Waals surface area contributed by atoms with Crippen molar-refractivity contribution < 1.29 is 27.9 Å². The Hall–Kier alpha value is -3.18. The summed E-state index contributed by atoms with van der Waals surface area (Å²) in [5, 5.41) is 15.9. The third kappa shape index (κ3) is 7.16. The number of nitrogen functional groups attached to an aromatic ring is 1. The average Bonchev–Trinajstić information content (AvgIpc) is 3.28. The van der Waals surface area contributed by atoms with Crippen LogP contribution in [0, 0.1) is 5.92 Å². The minimum atomic E-state index is -5.08. The number of carbonyl (C=O) groups excluding carboxylic acids is 1. The van der Waals surface area contributed by atoms with Crippen molar-refractivity contribution in [1.29, 1.82) is 0 Å². The molecule has 2 aliphatic rings. The fourth-order valence-corrected chi connectivity index (χ4v) is 4.34. The van der Waals surface area contributed by atoms with E-state index >= 15 is 0 Å². The Labute approximate surface area is 195 Å². The molecule has 2 fully saturated rings. The SMILES string of the molecule is Nc1cc(C(=O)N2CCC(Cn3cc(C4CCCCC4)nn3)CC2)ccn1.O=C(O)C(F)(F)F. The number of carboxylic acid groups (broad SMARTS) is 1. The summed E-state index contributed by atoms with van der Waals surface area (Å²) >= 11 is 0. The molecule has 0 unspecified atom stereocenters. The van der Waals surface area contributed by atoms with Crippen LogP contribution in [0.3, 0.4) is 0 Å². The highest BCUT2D eigenvalue weighted by molar-refractivity contribution is 5.94. The summed E-state index contributed by atoms with van der Waals surface area (Å²) in [7, 11) is 0. The molecule has 3 N–H and O–H groups in total. The summed E-state index contributed by atoms with van der Waals surface area (Å²) in [4.78, 5) is 27.4. The number of carboxylic acids is 1. The zero-order valence-electron chi connectivity index (χ0n) is 18.7. The summed E-state index contributed by atoms with van der Waals surface area (Å²) in [6.45, 7) is 2.44. The third-order valence-electron chi connectivity index (χ3n) is 6.20. The van der Waals surface area contributed by atoms with Crippen molar-refractivity contribution in [1.82, 2.24) is 24.9 Å². The topological polar surface area (TPSA) is 127 Å². The molecule has 2 aromatic rings. The third-order valence-corrected chi connectivity index (χ3v) is 6.20. The molecular formula is C22H29F3N6O3. The number of rotatable bonds is 4. The van der Waals surface area contributed by atoms with Crippen molar-refractivity contribution in [3.8, 4) is 0 Å². The highest BCUT2D eigenvalue weighted by atomic mass is 19.4. The molecular weight excluding hydrogens is 453 g/mol. The number of alkyl halides is 3. The van der Waals surface area contributed by atoms with Gasteiger partial charge in [-0.15, -0.1) is 5.10 Å². The van der Waals surface area contributed by atoms with Gasteiger partial charge in [-0.25, -0.2) is 9.78 Å². The largest absolute Gasteiger partial charge is 0.490 e. The molecule has 186 valence electrons. The van der Waals surface area contributed by atoms with Gasteiger partial charge < -0.3 is 15.7 Å². The minimum Gasteiger partial charge on any atom is -0.475 e. The summed E-state index contributed by atoms with van der Waals surface area (Å²) < 4.78 is 33.7. The number of amides is 1. The Kier molecular flexibility index (Phi) is 8.46. The Morgan fingerprint density at radius 2 is 1.76 bits per heavy atom. The van der Waals surface area contributed by atoms with Crippen LogP contribution in [0.25, 0.3) is 0 Å². The zero-order chi connectivity index (χ0) is 24.7. The molecule has 1 saturated heterocycles. The number of aliphatic carboxylic acids is 1. The van der Waals surface area contributed by atoms with E-state index in [0.29, 0.717) is 23.2 Å². The van der Waals surface area contributed by atoms with Gasteiger partial charge in [-0.05, 0) is 43.7 Å². The molecule has 1 aliphatic carbocycles. The number of nitrogens with two attached hydrogens (primary N) is 1. The lowest BCUT2D eigenvalue weighted by atomic mass is 9.87. The second-order valence-corrected chi connectivity index (χ2v) is 8.71. The maximum atomic E-state index is 12.6. The molecule has 34 heavy (non-hydrogen) atoms. The maximum Gasteiger partial charge on any atom is 0.490 e. The van der Waals surface area contributed by atoms with Crippen LogP contribution in [-0.2, 0) is 11.3 Å². The molecule has 9 nitrogen and oxygen atoms in total. The number of hydrogen-bond donors (Lipinski definition) is 2. The number of hydrogen-bond acceptors (Lipinski definition) is 6. The minimum absolute atomic E-state index is 0.0443. The van der Waals surface area contributed by atoms with Crippen LogP contribution in [0.15, 0.2) is 24.5 Å². The van der Waals surface area contributed by atoms with E-state index in [1.807, 2.05) is 9.58 Å². The number of nitrogens with zero attached hydrogens (tertiary/aromatic N) is 5. The second kappa shape index (κ2) is 11.3. The molecule has 1 aliphatic heterocycles. The molecule has 3 heterocycles. The van der Waals surface area contributed by atoms with E-state index in [1.165, 1.54) is 32.1 Å². The van der Waals surface area contributed by atoms with Gasteiger partial charge in [-0.2, -0.15) is 13.2 Å². The Morgan fingerprint density at radius 1 is 1.12 bits per heavy atom. The van der Waals surface area contributed by atoms with Gasteiger partial charge in [0, 0.05) is 43.5 Å². The molecule has 2 aromatic heterocycles. The summed E-state index contributed by atoms with van der Waals surface area (Å²) in [5.74, 6) is -1.19. The van der Waals surface area contributed by atoms with Crippen molar-refractivity contribution in [3.63, 3.8) is 0 Å². The zero-order valence-corrected chi connectivity index (χ0v) is 18.7. The molecule has 1 amide bonds. The van der Waals surface area contributed by atoms with Crippen molar-refractivity contribution in [2.75, 3.05) is 18.8 Å². The molecule has 0 bridgehead atoms. The molecule has 0 aromatic carbocycles. The fraction of sp³-hybridized carbons (Fsp3) is 0.591. The second-order valence-electron chi connectivity index (χ2n) is 8.71. The van der Waals surface area contributed by atoms with E-state index in [-0.39, 0.29) is 5.91 Å². The molecule has 0 spiro atoms. The van der Waals surface area contributed by atoms with Gasteiger partial charge in [0.25, 0.3) is 5.91 Å². The predicted octanol–water partition coefficient (Wildman–Crippen LogP) is 3.49. The van der Waals surface area contributed by atoms with Gasteiger partial charge in [-0.3, -0.25) is 9.48 Å². The first-order valence-corrected chi connectivity index (χ1v) is 11.3. The first-order valence-electron chi connectivity index (χ1n) is 11.3. The van der Waals surface area contributed by atoms with Crippen LogP contribution in [0.1, 0.15) is 66.9 Å². The van der Waals surface area contributed by atoms with Crippen LogP contribution in [0.2, 0.25) is 0 Å². The number of likely N-dealkylation sites (tertiary alicyclic amines) is 1. The van der Waals surface area contributed by atoms with E-state index in [1.54, 1.807) is 18.3 Å². The Bertz CT molecular complexity index is 967. The van der Waals surface area contributed by atoms with Crippen LogP contribution in [0.5, 0.6) is 0 Å². The van der Waals surface area contributed by atoms with Gasteiger partial charge in [0.05, 0.1) is 5.69 Å². The van der Waals surface area contributed by atoms with Gasteiger partial charge >= 0.3 is 12.1 Å². The van der Waals surface area contributed by atoms with E-state index in [0.717, 1.165) is 38.2 Å². The maximum absolute atomic E-state index is 12.6. The van der Waals surface area contributed by atoms with Crippen LogP contribution in [0.4, 0.5) is 19.0 Å². The molecule has 12 heteroatoms. The Morgan fingerprint density at radius 3 is 2.35 bits per heavy atom. The highest BCUT2D eigenvalue weighted by Gasteiger charge is 2.38. The van der Waals surface area contributed by atoms with E-state index < -0.39 is 12.1 Å². The lowest BCUT2D eigenvalue weighted by molar-refractivity contribution is -0.192. The molecule has 1 saturated carbocycles. The van der Waals surface area contributed by atoms with E-state index in [9.17, 15) is 18.0 Å². The number of carbonyl (C=O) groups is 2. The van der Waals surface area contributed by atoms with Crippen molar-refractivity contribution in [2.45, 2.75) is 63.6 Å². The van der Waals surface area contributed by atoms with Crippen molar-refractivity contribution in [3.05, 3.63) is 35.8 Å². The lowest BCUT2D eigenvalue weighted by Crippen LogP contribution is -2.39. The van der Waals surface area contributed by atoms with E-state index in [2.05, 4.69) is 21.5 Å². The van der Waals surface area contributed by atoms with Gasteiger partial charge in [0.2, 0.25) is 0 Å². The van der Waals surface area contributed by atoms with E-state index in [4.69, 9.17) is 15.6 Å². The lowest BCUT2D eigenvalue weighted by Gasteiger charge is -2.32. The summed E-state index contributed by atoms with van der Waals surface area (Å²) in [6, 6.07) is 3.38. The van der Waals surface area contributed by atoms with Crippen molar-refractivity contribution in [2.24, 2.45) is 5.92 Å². The number of aromatic nitrogens is 4. The smallest absolute Gasteiger partial charge is 0.475 e. The molecule has 0 atom stereocenters. The first-order chi connectivity index (χ1) is 16.1. The first kappa shape index (κ1) is 25.4. The van der Waals surface area contributed by atoms with Crippen LogP contribution < -0.4 is 5.73 Å². The summed E-state index contributed by atoms with van der Waals surface area (Å²) in [5.41, 5.74) is 7.48. The van der Waals surface area contributed by atoms with Crippen LogP contribution in [-0.4, -0.2) is 61.1 Å². The molecule has 4 rings (SSSR count). The highest BCUT2D eigenvalue weighted by Crippen LogP contribution is 2.31. The number of piperidine rings is 1. The normalized spacial score (nSPS) is 17.7. The quantitative estimate of drug-likeness (QED) is 0.683. The average molecular weight is 483 g/mol. The Balaban J connectivity index is 0.000000406. The van der Waals surface area contributed by atoms with Gasteiger partial charge in [0.15, 0.2) is 0 Å². The summed E-state index contributed by atoms with van der Waals surface area (Å²) in [6.07, 6.45) is 7.11. The van der Waals surface area contributed by atoms with Gasteiger partial charge in [0.1, 0.15) is 5.82 Å². The number of halogens is 3. The predicted molar refractivity (Wildman–Crippen MR) is 117 cm³/mol.